The van der Waals surface area contributed by atoms with Crippen molar-refractivity contribution < 1.29 is 9.53 Å². The number of ether oxygens (including phenoxy) is 1. The van der Waals surface area contributed by atoms with Gasteiger partial charge < -0.3 is 4.74 Å². The Hall–Kier alpha value is -0.670. The smallest absolute Gasteiger partial charge is 0.166 e. The van der Waals surface area contributed by atoms with Gasteiger partial charge in [0.05, 0.1) is 5.60 Å². The highest BCUT2D eigenvalue weighted by atomic mass is 79.9. The van der Waals surface area contributed by atoms with Crippen LogP contribution in [-0.4, -0.2) is 18.0 Å². The average molecular weight is 351 g/mol. The van der Waals surface area contributed by atoms with Crippen LogP contribution in [0.5, 0.6) is 0 Å². The molecule has 0 aromatic heterocycles. The molecule has 1 saturated heterocycles. The summed E-state index contributed by atoms with van der Waals surface area (Å²) in [5, 5.41) is 0. The van der Waals surface area contributed by atoms with Crippen LogP contribution in [0.2, 0.25) is 0 Å². The molecule has 1 saturated carbocycles. The molecule has 1 aliphatic carbocycles. The molecule has 0 radical (unpaired) electrons. The van der Waals surface area contributed by atoms with Gasteiger partial charge in [-0.1, -0.05) is 47.3 Å². The fourth-order valence-electron chi connectivity index (χ4n) is 3.78. The number of carbonyl (C=O) groups is 1. The molecular formula is C18H23BrO2. The Morgan fingerprint density at radius 2 is 2.05 bits per heavy atom. The Balaban J connectivity index is 1.76. The third-order valence-electron chi connectivity index (χ3n) is 5.08. The maximum absolute atomic E-state index is 12.8. The Bertz CT molecular complexity index is 527. The fourth-order valence-corrected chi connectivity index (χ4v) is 4.16. The number of ketones is 1. The van der Waals surface area contributed by atoms with Crippen molar-refractivity contribution in [2.24, 2.45) is 5.92 Å². The van der Waals surface area contributed by atoms with Crippen LogP contribution in [0, 0.1) is 12.8 Å². The van der Waals surface area contributed by atoms with Gasteiger partial charge >= 0.3 is 0 Å². The van der Waals surface area contributed by atoms with Crippen LogP contribution >= 0.6 is 15.9 Å². The highest BCUT2D eigenvalue weighted by molar-refractivity contribution is 9.10. The van der Waals surface area contributed by atoms with Crippen molar-refractivity contribution >= 4 is 21.7 Å². The second kappa shape index (κ2) is 6.21. The van der Waals surface area contributed by atoms with Gasteiger partial charge in [0.25, 0.3) is 0 Å². The molecule has 0 N–H and O–H groups in total. The number of halogens is 1. The van der Waals surface area contributed by atoms with Crippen LogP contribution in [0.25, 0.3) is 0 Å². The zero-order valence-corrected chi connectivity index (χ0v) is 14.2. The molecule has 3 rings (SSSR count). The van der Waals surface area contributed by atoms with Gasteiger partial charge in [-0.15, -0.1) is 0 Å². The highest BCUT2D eigenvalue weighted by Crippen LogP contribution is 2.41. The molecule has 1 atom stereocenters. The van der Waals surface area contributed by atoms with Gasteiger partial charge in [-0.25, -0.2) is 0 Å². The summed E-state index contributed by atoms with van der Waals surface area (Å²) in [6.07, 6.45) is 7.86. The van der Waals surface area contributed by atoms with Crippen LogP contribution in [0.15, 0.2) is 22.7 Å². The summed E-state index contributed by atoms with van der Waals surface area (Å²) < 4.78 is 7.13. The molecule has 21 heavy (non-hydrogen) atoms. The minimum absolute atomic E-state index is 0.00123. The molecular weight excluding hydrogens is 328 g/mol. The SMILES string of the molecule is Cc1ccc(C(=O)C2CCOC3(CCCCC3)C2)cc1Br. The monoisotopic (exact) mass is 350 g/mol. The molecule has 0 bridgehead atoms. The summed E-state index contributed by atoms with van der Waals surface area (Å²) >= 11 is 3.53. The van der Waals surface area contributed by atoms with Crippen LogP contribution in [0.1, 0.15) is 60.9 Å². The van der Waals surface area contributed by atoms with E-state index in [-0.39, 0.29) is 11.5 Å². The normalized spacial score (nSPS) is 25.0. The van der Waals surface area contributed by atoms with Crippen LogP contribution < -0.4 is 0 Å². The molecule has 1 heterocycles. The van der Waals surface area contributed by atoms with Gasteiger partial charge in [-0.3, -0.25) is 4.79 Å². The number of carbonyl (C=O) groups excluding carboxylic acids is 1. The van der Waals surface area contributed by atoms with Gasteiger partial charge in [-0.2, -0.15) is 0 Å². The maximum Gasteiger partial charge on any atom is 0.166 e. The molecule has 3 heteroatoms. The van der Waals surface area contributed by atoms with Crippen molar-refractivity contribution in [2.75, 3.05) is 6.61 Å². The molecule has 0 amide bonds. The molecule has 2 fully saturated rings. The number of hydrogen-bond acceptors (Lipinski definition) is 2. The van der Waals surface area contributed by atoms with Gasteiger partial charge in [0.15, 0.2) is 5.78 Å². The predicted octanol–water partition coefficient (Wildman–Crippen LogP) is 5.07. The average Bonchev–Trinajstić information content (AvgIpc) is 2.50. The number of aryl methyl sites for hydroxylation is 1. The first-order valence-electron chi connectivity index (χ1n) is 8.04. The van der Waals surface area contributed by atoms with Crippen molar-refractivity contribution in [2.45, 2.75) is 57.5 Å². The third kappa shape index (κ3) is 3.24. The first-order chi connectivity index (χ1) is 10.1. The lowest BCUT2D eigenvalue weighted by molar-refractivity contribution is -0.111. The second-order valence-electron chi connectivity index (χ2n) is 6.61. The Kier molecular flexibility index (Phi) is 4.51. The van der Waals surface area contributed by atoms with Crippen molar-refractivity contribution in [3.8, 4) is 0 Å². The molecule has 1 spiro atoms. The van der Waals surface area contributed by atoms with Gasteiger partial charge in [0.1, 0.15) is 0 Å². The van der Waals surface area contributed by atoms with E-state index in [1.54, 1.807) is 0 Å². The van der Waals surface area contributed by atoms with Gasteiger partial charge in [0, 0.05) is 22.6 Å². The number of rotatable bonds is 2. The number of Topliss-reactive ketones (excluding diaryl/α,β-unsaturated/α-hetero) is 1. The van der Waals surface area contributed by atoms with E-state index < -0.39 is 0 Å². The van der Waals surface area contributed by atoms with E-state index in [0.717, 1.165) is 42.3 Å². The lowest BCUT2D eigenvalue weighted by atomic mass is 9.74. The number of benzene rings is 1. The van der Waals surface area contributed by atoms with E-state index in [1.165, 1.54) is 24.8 Å². The third-order valence-corrected chi connectivity index (χ3v) is 5.94. The molecule has 1 aliphatic heterocycles. The fraction of sp³-hybridized carbons (Fsp3) is 0.611. The largest absolute Gasteiger partial charge is 0.375 e. The Labute approximate surface area is 135 Å². The van der Waals surface area contributed by atoms with Crippen molar-refractivity contribution in [3.05, 3.63) is 33.8 Å². The van der Waals surface area contributed by atoms with E-state index in [0.29, 0.717) is 5.78 Å². The van der Waals surface area contributed by atoms with Crippen molar-refractivity contribution in [1.82, 2.24) is 0 Å². The lowest BCUT2D eigenvalue weighted by Crippen LogP contribution is -2.43. The summed E-state index contributed by atoms with van der Waals surface area (Å²) in [6.45, 7) is 2.78. The van der Waals surface area contributed by atoms with E-state index in [1.807, 2.05) is 25.1 Å². The standard InChI is InChI=1S/C18H23BrO2/c1-13-5-6-14(11-16(13)19)17(20)15-7-10-21-18(12-15)8-3-2-4-9-18/h5-6,11,15H,2-4,7-10,12H2,1H3. The summed E-state index contributed by atoms with van der Waals surface area (Å²) in [5.74, 6) is 0.426. The quantitative estimate of drug-likeness (QED) is 0.696. The molecule has 1 aromatic rings. The van der Waals surface area contributed by atoms with Gasteiger partial charge in [0.2, 0.25) is 0 Å². The summed E-state index contributed by atoms with van der Waals surface area (Å²) in [5.41, 5.74) is 2.01. The zero-order chi connectivity index (χ0) is 14.9. The van der Waals surface area contributed by atoms with Gasteiger partial charge in [-0.05, 0) is 44.2 Å². The van der Waals surface area contributed by atoms with Crippen LogP contribution in [0.3, 0.4) is 0 Å². The van der Waals surface area contributed by atoms with E-state index >= 15 is 0 Å². The lowest BCUT2D eigenvalue weighted by Gasteiger charge is -2.43. The first kappa shape index (κ1) is 15.2. The predicted molar refractivity (Wildman–Crippen MR) is 87.7 cm³/mol. The first-order valence-corrected chi connectivity index (χ1v) is 8.83. The number of hydrogen-bond donors (Lipinski definition) is 0. The van der Waals surface area contributed by atoms with E-state index in [2.05, 4.69) is 15.9 Å². The Morgan fingerprint density at radius 3 is 2.76 bits per heavy atom. The van der Waals surface area contributed by atoms with Crippen LogP contribution in [0.4, 0.5) is 0 Å². The molecule has 2 aliphatic rings. The summed E-state index contributed by atoms with van der Waals surface area (Å²) in [7, 11) is 0. The van der Waals surface area contributed by atoms with Crippen molar-refractivity contribution in [1.29, 1.82) is 0 Å². The molecule has 1 unspecified atom stereocenters. The highest BCUT2D eigenvalue weighted by Gasteiger charge is 2.40. The molecule has 114 valence electrons. The summed E-state index contributed by atoms with van der Waals surface area (Å²) in [4.78, 5) is 12.8. The topological polar surface area (TPSA) is 26.3 Å². The minimum atomic E-state index is -0.00123. The van der Waals surface area contributed by atoms with Crippen molar-refractivity contribution in [3.63, 3.8) is 0 Å². The summed E-state index contributed by atoms with van der Waals surface area (Å²) in [6, 6.07) is 5.96. The van der Waals surface area contributed by atoms with E-state index in [9.17, 15) is 4.79 Å². The molecule has 2 nitrogen and oxygen atoms in total. The Morgan fingerprint density at radius 1 is 1.29 bits per heavy atom. The minimum Gasteiger partial charge on any atom is -0.375 e. The zero-order valence-electron chi connectivity index (χ0n) is 12.7. The molecule has 1 aromatic carbocycles. The second-order valence-corrected chi connectivity index (χ2v) is 7.46. The van der Waals surface area contributed by atoms with E-state index in [4.69, 9.17) is 4.74 Å². The van der Waals surface area contributed by atoms with Crippen LogP contribution in [-0.2, 0) is 4.74 Å². The maximum atomic E-state index is 12.8.